The Kier molecular flexibility index (Phi) is 5.32. The molecule has 5 N–H and O–H groups in total. The standard InChI is InChI=1S/C8H14N2O5/c1-4(8(14)15)10-7(13)5(9)2-3-6(11)12/h4-5H,2-3,9H2,1H3,(H,10,13)(H,11,12)(H,14,15)/t4-,5-/m0/s1. The molecule has 0 aromatic rings. The number of carbonyl (C=O) groups is 3. The molecule has 0 saturated carbocycles. The van der Waals surface area contributed by atoms with Crippen LogP contribution in [-0.2, 0) is 14.4 Å². The van der Waals surface area contributed by atoms with E-state index in [1.807, 2.05) is 0 Å². The second-order valence-electron chi connectivity index (χ2n) is 3.11. The van der Waals surface area contributed by atoms with E-state index < -0.39 is 29.9 Å². The zero-order valence-corrected chi connectivity index (χ0v) is 8.27. The Bertz CT molecular complexity index is 266. The average molecular weight is 218 g/mol. The van der Waals surface area contributed by atoms with Gasteiger partial charge in [0, 0.05) is 6.42 Å². The molecule has 1 amide bonds. The Hall–Kier alpha value is -1.63. The van der Waals surface area contributed by atoms with Crippen LogP contribution in [0.25, 0.3) is 0 Å². The molecule has 0 spiro atoms. The van der Waals surface area contributed by atoms with E-state index in [-0.39, 0.29) is 12.8 Å². The quantitative estimate of drug-likeness (QED) is 0.441. The number of hydrogen-bond acceptors (Lipinski definition) is 4. The molecule has 0 fully saturated rings. The van der Waals surface area contributed by atoms with Crippen molar-refractivity contribution in [1.82, 2.24) is 5.32 Å². The van der Waals surface area contributed by atoms with E-state index in [0.29, 0.717) is 0 Å². The molecule has 0 saturated heterocycles. The van der Waals surface area contributed by atoms with Gasteiger partial charge in [0.15, 0.2) is 0 Å². The summed E-state index contributed by atoms with van der Waals surface area (Å²) in [6, 6.07) is -2.03. The highest BCUT2D eigenvalue weighted by Crippen LogP contribution is 1.95. The number of nitrogens with two attached hydrogens (primary N) is 1. The predicted octanol–water partition coefficient (Wildman–Crippen LogP) is -1.23. The molecule has 0 aromatic carbocycles. The van der Waals surface area contributed by atoms with Crippen molar-refractivity contribution in [2.75, 3.05) is 0 Å². The topological polar surface area (TPSA) is 130 Å². The summed E-state index contributed by atoms with van der Waals surface area (Å²) in [5, 5.41) is 19.0. The van der Waals surface area contributed by atoms with Crippen LogP contribution in [0.3, 0.4) is 0 Å². The third kappa shape index (κ3) is 5.63. The Morgan fingerprint density at radius 2 is 1.87 bits per heavy atom. The van der Waals surface area contributed by atoms with Crippen LogP contribution in [0.4, 0.5) is 0 Å². The third-order valence-corrected chi connectivity index (χ3v) is 1.74. The largest absolute Gasteiger partial charge is 0.481 e. The van der Waals surface area contributed by atoms with E-state index in [1.165, 1.54) is 6.92 Å². The summed E-state index contributed by atoms with van der Waals surface area (Å²) < 4.78 is 0. The average Bonchev–Trinajstić information content (AvgIpc) is 2.13. The highest BCUT2D eigenvalue weighted by molar-refractivity contribution is 5.86. The van der Waals surface area contributed by atoms with Crippen LogP contribution in [0, 0.1) is 0 Å². The van der Waals surface area contributed by atoms with Crippen molar-refractivity contribution < 1.29 is 24.6 Å². The summed E-state index contributed by atoms with van der Waals surface area (Å²) in [5.74, 6) is -2.88. The number of carbonyl (C=O) groups excluding carboxylic acids is 1. The molecule has 2 atom stereocenters. The maximum absolute atomic E-state index is 11.2. The van der Waals surface area contributed by atoms with Gasteiger partial charge in [-0.25, -0.2) is 0 Å². The second kappa shape index (κ2) is 5.97. The molecule has 0 aromatic heterocycles. The Morgan fingerprint density at radius 1 is 1.33 bits per heavy atom. The lowest BCUT2D eigenvalue weighted by Gasteiger charge is -2.13. The molecule has 0 aliphatic carbocycles. The lowest BCUT2D eigenvalue weighted by molar-refractivity contribution is -0.142. The van der Waals surface area contributed by atoms with Gasteiger partial charge in [-0.05, 0) is 13.3 Å². The van der Waals surface area contributed by atoms with Crippen LogP contribution < -0.4 is 11.1 Å². The molecule has 86 valence electrons. The van der Waals surface area contributed by atoms with Gasteiger partial charge in [0.2, 0.25) is 5.91 Å². The maximum Gasteiger partial charge on any atom is 0.325 e. The summed E-state index contributed by atoms with van der Waals surface area (Å²) in [7, 11) is 0. The van der Waals surface area contributed by atoms with Gasteiger partial charge in [0.1, 0.15) is 6.04 Å². The van der Waals surface area contributed by atoms with Crippen molar-refractivity contribution in [3.05, 3.63) is 0 Å². The summed E-state index contributed by atoms with van der Waals surface area (Å²) in [6.07, 6.45) is -0.246. The highest BCUT2D eigenvalue weighted by Gasteiger charge is 2.19. The molecule has 0 radical (unpaired) electrons. The first-order chi connectivity index (χ1) is 6.84. The molecule has 7 nitrogen and oxygen atoms in total. The first-order valence-corrected chi connectivity index (χ1v) is 4.35. The third-order valence-electron chi connectivity index (χ3n) is 1.74. The van der Waals surface area contributed by atoms with E-state index in [2.05, 4.69) is 5.32 Å². The summed E-state index contributed by atoms with van der Waals surface area (Å²) in [4.78, 5) is 31.7. The van der Waals surface area contributed by atoms with E-state index in [0.717, 1.165) is 0 Å². The van der Waals surface area contributed by atoms with Gasteiger partial charge in [-0.15, -0.1) is 0 Å². The van der Waals surface area contributed by atoms with Crippen LogP contribution in [0.5, 0.6) is 0 Å². The van der Waals surface area contributed by atoms with Gasteiger partial charge in [0.05, 0.1) is 6.04 Å². The van der Waals surface area contributed by atoms with Crippen molar-refractivity contribution >= 4 is 17.8 Å². The minimum Gasteiger partial charge on any atom is -0.481 e. The molecule has 0 rings (SSSR count). The van der Waals surface area contributed by atoms with Crippen molar-refractivity contribution in [1.29, 1.82) is 0 Å². The van der Waals surface area contributed by atoms with Gasteiger partial charge in [-0.3, -0.25) is 14.4 Å². The minimum atomic E-state index is -1.17. The minimum absolute atomic E-state index is 0.0203. The van der Waals surface area contributed by atoms with Crippen molar-refractivity contribution in [3.63, 3.8) is 0 Å². The zero-order valence-electron chi connectivity index (χ0n) is 8.27. The number of carboxylic acid groups (broad SMARTS) is 2. The SMILES string of the molecule is C[C@H](NC(=O)[C@@H](N)CCC(=O)O)C(=O)O. The van der Waals surface area contributed by atoms with Gasteiger partial charge in [0.25, 0.3) is 0 Å². The van der Waals surface area contributed by atoms with E-state index >= 15 is 0 Å². The van der Waals surface area contributed by atoms with Crippen LogP contribution in [-0.4, -0.2) is 40.1 Å². The smallest absolute Gasteiger partial charge is 0.325 e. The molecule has 0 bridgehead atoms. The number of nitrogens with one attached hydrogen (secondary N) is 1. The highest BCUT2D eigenvalue weighted by atomic mass is 16.4. The Morgan fingerprint density at radius 3 is 2.27 bits per heavy atom. The predicted molar refractivity (Wildman–Crippen MR) is 50.1 cm³/mol. The fraction of sp³-hybridized carbons (Fsp3) is 0.625. The van der Waals surface area contributed by atoms with Gasteiger partial charge < -0.3 is 21.3 Å². The van der Waals surface area contributed by atoms with Gasteiger partial charge in [-0.2, -0.15) is 0 Å². The Balaban J connectivity index is 3.99. The van der Waals surface area contributed by atoms with E-state index in [1.54, 1.807) is 0 Å². The van der Waals surface area contributed by atoms with Crippen LogP contribution in [0.1, 0.15) is 19.8 Å². The molecule has 0 unspecified atom stereocenters. The number of rotatable bonds is 6. The van der Waals surface area contributed by atoms with E-state index in [9.17, 15) is 14.4 Å². The molecule has 0 aliphatic heterocycles. The van der Waals surface area contributed by atoms with Crippen LogP contribution in [0.2, 0.25) is 0 Å². The monoisotopic (exact) mass is 218 g/mol. The summed E-state index contributed by atoms with van der Waals surface area (Å²) in [6.45, 7) is 1.30. The van der Waals surface area contributed by atoms with Gasteiger partial charge in [-0.1, -0.05) is 0 Å². The molecule has 0 heterocycles. The number of hydrogen-bond donors (Lipinski definition) is 4. The lowest BCUT2D eigenvalue weighted by atomic mass is 10.1. The normalized spacial score (nSPS) is 14.0. The molecule has 7 heteroatoms. The first-order valence-electron chi connectivity index (χ1n) is 4.35. The fourth-order valence-corrected chi connectivity index (χ4v) is 0.792. The number of amides is 1. The zero-order chi connectivity index (χ0) is 12.0. The van der Waals surface area contributed by atoms with E-state index in [4.69, 9.17) is 15.9 Å². The van der Waals surface area contributed by atoms with Gasteiger partial charge >= 0.3 is 11.9 Å². The molecule has 0 aliphatic rings. The first kappa shape index (κ1) is 13.4. The van der Waals surface area contributed by atoms with Crippen molar-refractivity contribution in [2.24, 2.45) is 5.73 Å². The molecular formula is C8H14N2O5. The van der Waals surface area contributed by atoms with Crippen molar-refractivity contribution in [2.45, 2.75) is 31.8 Å². The second-order valence-corrected chi connectivity index (χ2v) is 3.11. The van der Waals surface area contributed by atoms with Crippen LogP contribution in [0.15, 0.2) is 0 Å². The molecule has 15 heavy (non-hydrogen) atoms. The maximum atomic E-state index is 11.2. The summed E-state index contributed by atoms with van der Waals surface area (Å²) in [5.41, 5.74) is 5.35. The fourth-order valence-electron chi connectivity index (χ4n) is 0.792. The number of aliphatic carboxylic acids is 2. The number of carboxylic acids is 2. The summed E-state index contributed by atoms with van der Waals surface area (Å²) >= 11 is 0. The van der Waals surface area contributed by atoms with Crippen molar-refractivity contribution in [3.8, 4) is 0 Å². The van der Waals surface area contributed by atoms with Crippen LogP contribution >= 0.6 is 0 Å². The Labute approximate surface area is 86.3 Å². The lowest BCUT2D eigenvalue weighted by Crippen LogP contribution is -2.47. The molecular weight excluding hydrogens is 204 g/mol.